The fourth-order valence-corrected chi connectivity index (χ4v) is 4.94. The normalized spacial score (nSPS) is 15.7. The second kappa shape index (κ2) is 10.1. The van der Waals surface area contributed by atoms with Gasteiger partial charge < -0.3 is 9.47 Å². The molecule has 2 aromatic rings. The van der Waals surface area contributed by atoms with Gasteiger partial charge in [-0.05, 0) is 56.0 Å². The summed E-state index contributed by atoms with van der Waals surface area (Å²) in [4.78, 5) is 12.6. The number of ether oxygens (including phenoxy) is 2. The van der Waals surface area contributed by atoms with Gasteiger partial charge in [-0.15, -0.1) is 0 Å². The lowest BCUT2D eigenvalue weighted by atomic mass is 9.98. The molecule has 0 atom stereocenters. The summed E-state index contributed by atoms with van der Waals surface area (Å²) in [5.74, 6) is 0.200. The van der Waals surface area contributed by atoms with Gasteiger partial charge in [0, 0.05) is 13.1 Å². The molecule has 0 unspecified atom stereocenters. The standard InChI is InChI=1S/C23H29NO5S/c1-3-19-5-4-6-21(17-19)28-15-16-29-23(25)20-11-13-24(14-12-20)30(26,27)22-9-7-18(2)8-10-22/h4-10,17,20H,3,11-16H2,1-2H3. The van der Waals surface area contributed by atoms with Crippen molar-refractivity contribution in [3.05, 3.63) is 59.7 Å². The quantitative estimate of drug-likeness (QED) is 0.472. The van der Waals surface area contributed by atoms with Gasteiger partial charge in [-0.3, -0.25) is 4.79 Å². The van der Waals surface area contributed by atoms with Gasteiger partial charge in [-0.25, -0.2) is 8.42 Å². The third-order valence-corrected chi connectivity index (χ3v) is 7.26. The summed E-state index contributed by atoms with van der Waals surface area (Å²) in [7, 11) is -3.52. The maximum absolute atomic E-state index is 12.8. The highest BCUT2D eigenvalue weighted by atomic mass is 32.2. The van der Waals surface area contributed by atoms with Gasteiger partial charge in [-0.2, -0.15) is 4.31 Å². The molecule has 1 aliphatic heterocycles. The predicted octanol–water partition coefficient (Wildman–Crippen LogP) is 3.58. The minimum absolute atomic E-state index is 0.178. The van der Waals surface area contributed by atoms with Crippen molar-refractivity contribution >= 4 is 16.0 Å². The van der Waals surface area contributed by atoms with Crippen LogP contribution in [0, 0.1) is 12.8 Å². The molecule has 3 rings (SSSR count). The second-order valence-electron chi connectivity index (χ2n) is 7.51. The Kier molecular flexibility index (Phi) is 7.50. The number of carbonyl (C=O) groups is 1. The van der Waals surface area contributed by atoms with Crippen LogP contribution in [0.15, 0.2) is 53.4 Å². The van der Waals surface area contributed by atoms with Crippen molar-refractivity contribution in [2.24, 2.45) is 5.92 Å². The van der Waals surface area contributed by atoms with Gasteiger partial charge in [0.05, 0.1) is 10.8 Å². The molecule has 0 saturated carbocycles. The van der Waals surface area contributed by atoms with Gasteiger partial charge in [0.1, 0.15) is 19.0 Å². The number of carbonyl (C=O) groups excluding carboxylic acids is 1. The average molecular weight is 432 g/mol. The predicted molar refractivity (Wildman–Crippen MR) is 115 cm³/mol. The van der Waals surface area contributed by atoms with E-state index >= 15 is 0 Å². The summed E-state index contributed by atoms with van der Waals surface area (Å²) in [6, 6.07) is 14.7. The monoisotopic (exact) mass is 431 g/mol. The van der Waals surface area contributed by atoms with Crippen LogP contribution in [0.25, 0.3) is 0 Å². The number of rotatable bonds is 8. The van der Waals surface area contributed by atoms with E-state index in [1.54, 1.807) is 24.3 Å². The van der Waals surface area contributed by atoms with Crippen LogP contribution in [0.2, 0.25) is 0 Å². The molecule has 30 heavy (non-hydrogen) atoms. The van der Waals surface area contributed by atoms with Crippen LogP contribution in [0.4, 0.5) is 0 Å². The molecule has 0 bridgehead atoms. The molecule has 1 saturated heterocycles. The molecule has 0 aliphatic carbocycles. The Morgan fingerprint density at radius 1 is 1.07 bits per heavy atom. The number of hydrogen-bond donors (Lipinski definition) is 0. The van der Waals surface area contributed by atoms with Gasteiger partial charge in [0.2, 0.25) is 10.0 Å². The summed E-state index contributed by atoms with van der Waals surface area (Å²) in [5, 5.41) is 0. The molecule has 6 nitrogen and oxygen atoms in total. The van der Waals surface area contributed by atoms with Gasteiger partial charge in [0.15, 0.2) is 0 Å². The fraction of sp³-hybridized carbons (Fsp3) is 0.435. The molecular weight excluding hydrogens is 402 g/mol. The number of hydrogen-bond acceptors (Lipinski definition) is 5. The molecule has 0 N–H and O–H groups in total. The molecule has 2 aromatic carbocycles. The van der Waals surface area contributed by atoms with Crippen molar-refractivity contribution < 1.29 is 22.7 Å². The first-order valence-electron chi connectivity index (χ1n) is 10.4. The largest absolute Gasteiger partial charge is 0.490 e. The minimum Gasteiger partial charge on any atom is -0.490 e. The number of nitrogens with zero attached hydrogens (tertiary/aromatic N) is 1. The van der Waals surface area contributed by atoms with Crippen molar-refractivity contribution in [3.8, 4) is 5.75 Å². The first-order chi connectivity index (χ1) is 14.4. The van der Waals surface area contributed by atoms with Crippen LogP contribution in [0.5, 0.6) is 5.75 Å². The summed E-state index contributed by atoms with van der Waals surface area (Å²) < 4.78 is 38.0. The Hall–Kier alpha value is -2.38. The smallest absolute Gasteiger partial charge is 0.309 e. The van der Waals surface area contributed by atoms with Crippen molar-refractivity contribution in [2.45, 2.75) is 38.0 Å². The lowest BCUT2D eigenvalue weighted by Gasteiger charge is -2.30. The third-order valence-electron chi connectivity index (χ3n) is 5.35. The summed E-state index contributed by atoms with van der Waals surface area (Å²) in [6.07, 6.45) is 1.86. The van der Waals surface area contributed by atoms with E-state index in [-0.39, 0.29) is 18.5 Å². The van der Waals surface area contributed by atoms with Crippen LogP contribution in [0.3, 0.4) is 0 Å². The van der Waals surface area contributed by atoms with Crippen molar-refractivity contribution in [1.82, 2.24) is 4.31 Å². The highest BCUT2D eigenvalue weighted by Gasteiger charge is 2.32. The van der Waals surface area contributed by atoms with Gasteiger partial charge in [0.25, 0.3) is 0 Å². The molecule has 0 aromatic heterocycles. The molecule has 0 spiro atoms. The minimum atomic E-state index is -3.52. The zero-order chi connectivity index (χ0) is 21.6. The molecular formula is C23H29NO5S. The molecule has 1 fully saturated rings. The number of benzene rings is 2. The second-order valence-corrected chi connectivity index (χ2v) is 9.45. The zero-order valence-corrected chi connectivity index (χ0v) is 18.4. The number of sulfonamides is 1. The Morgan fingerprint density at radius 2 is 1.77 bits per heavy atom. The van der Waals surface area contributed by atoms with Crippen molar-refractivity contribution in [1.29, 1.82) is 0 Å². The van der Waals surface area contributed by atoms with E-state index in [0.29, 0.717) is 37.4 Å². The SMILES string of the molecule is CCc1cccc(OCCOC(=O)C2CCN(S(=O)(=O)c3ccc(C)cc3)CC2)c1. The van der Waals surface area contributed by atoms with Gasteiger partial charge in [-0.1, -0.05) is 36.8 Å². The van der Waals surface area contributed by atoms with Crippen LogP contribution in [-0.4, -0.2) is 45.0 Å². The third kappa shape index (κ3) is 5.61. The highest BCUT2D eigenvalue weighted by molar-refractivity contribution is 7.89. The van der Waals surface area contributed by atoms with E-state index in [1.807, 2.05) is 31.2 Å². The van der Waals surface area contributed by atoms with E-state index < -0.39 is 10.0 Å². The van der Waals surface area contributed by atoms with E-state index in [2.05, 4.69) is 6.92 Å². The average Bonchev–Trinajstić information content (AvgIpc) is 2.77. The molecule has 162 valence electrons. The first kappa shape index (κ1) is 22.3. The summed E-state index contributed by atoms with van der Waals surface area (Å²) in [5.41, 5.74) is 2.20. The molecule has 0 radical (unpaired) electrons. The zero-order valence-electron chi connectivity index (χ0n) is 17.5. The summed E-state index contributed by atoms with van der Waals surface area (Å²) in [6.45, 7) is 5.10. The van der Waals surface area contributed by atoms with Crippen molar-refractivity contribution in [3.63, 3.8) is 0 Å². The van der Waals surface area contributed by atoms with Crippen LogP contribution < -0.4 is 4.74 Å². The van der Waals surface area contributed by atoms with Crippen molar-refractivity contribution in [2.75, 3.05) is 26.3 Å². The molecule has 1 heterocycles. The first-order valence-corrected chi connectivity index (χ1v) is 11.8. The summed E-state index contributed by atoms with van der Waals surface area (Å²) >= 11 is 0. The fourth-order valence-electron chi connectivity index (χ4n) is 3.47. The Balaban J connectivity index is 1.43. The Labute approximate surface area is 178 Å². The lowest BCUT2D eigenvalue weighted by molar-refractivity contribution is -0.150. The molecule has 7 heteroatoms. The number of piperidine rings is 1. The van der Waals surface area contributed by atoms with E-state index in [9.17, 15) is 13.2 Å². The number of esters is 1. The van der Waals surface area contributed by atoms with Crippen LogP contribution in [0.1, 0.15) is 30.9 Å². The highest BCUT2D eigenvalue weighted by Crippen LogP contribution is 2.25. The van der Waals surface area contributed by atoms with Crippen LogP contribution in [-0.2, 0) is 26.0 Å². The van der Waals surface area contributed by atoms with Gasteiger partial charge >= 0.3 is 5.97 Å². The topological polar surface area (TPSA) is 72.9 Å². The lowest BCUT2D eigenvalue weighted by Crippen LogP contribution is -2.40. The van der Waals surface area contributed by atoms with E-state index in [0.717, 1.165) is 17.7 Å². The van der Waals surface area contributed by atoms with E-state index in [4.69, 9.17) is 9.47 Å². The Bertz CT molecular complexity index is 948. The maximum Gasteiger partial charge on any atom is 0.309 e. The Morgan fingerprint density at radius 3 is 2.43 bits per heavy atom. The van der Waals surface area contributed by atoms with E-state index in [1.165, 1.54) is 9.87 Å². The van der Waals surface area contributed by atoms with Crippen LogP contribution >= 0.6 is 0 Å². The maximum atomic E-state index is 12.8. The molecule has 1 aliphatic rings. The number of aryl methyl sites for hydroxylation is 2. The molecule has 0 amide bonds.